The maximum atomic E-state index is 11.8. The molecule has 0 heterocycles. The fourth-order valence-electron chi connectivity index (χ4n) is 2.02. The Morgan fingerprint density at radius 1 is 1.56 bits per heavy atom. The number of Topliss-reactive ketones (excluding diaryl/α,β-unsaturated/α-hetero) is 1. The average Bonchev–Trinajstić information content (AvgIpc) is 3.02. The summed E-state index contributed by atoms with van der Waals surface area (Å²) in [5.74, 6) is 1.72. The molecule has 0 saturated heterocycles. The van der Waals surface area contributed by atoms with Crippen molar-refractivity contribution in [3.63, 3.8) is 0 Å². The van der Waals surface area contributed by atoms with E-state index < -0.39 is 0 Å². The summed E-state index contributed by atoms with van der Waals surface area (Å²) in [6.45, 7) is 2.23. The number of benzene rings is 1. The van der Waals surface area contributed by atoms with Crippen molar-refractivity contribution in [3.05, 3.63) is 35.4 Å². The highest BCUT2D eigenvalue weighted by Gasteiger charge is 2.32. The minimum Gasteiger partial charge on any atom is -0.294 e. The van der Waals surface area contributed by atoms with Gasteiger partial charge >= 0.3 is 0 Å². The topological polar surface area (TPSA) is 40.9 Å². The average molecular weight is 213 g/mol. The molecule has 1 saturated carbocycles. The van der Waals surface area contributed by atoms with E-state index in [4.69, 9.17) is 5.26 Å². The minimum atomic E-state index is 0.163. The number of carbonyl (C=O) groups is 1. The van der Waals surface area contributed by atoms with Crippen LogP contribution >= 0.6 is 0 Å². The van der Waals surface area contributed by atoms with E-state index in [1.165, 1.54) is 6.42 Å². The summed E-state index contributed by atoms with van der Waals surface area (Å²) in [4.78, 5) is 11.8. The molecule has 2 heteroatoms. The van der Waals surface area contributed by atoms with Crippen LogP contribution in [0.2, 0.25) is 0 Å². The van der Waals surface area contributed by atoms with E-state index in [0.29, 0.717) is 17.5 Å². The zero-order valence-corrected chi connectivity index (χ0v) is 9.44. The van der Waals surface area contributed by atoms with Gasteiger partial charge in [0.2, 0.25) is 0 Å². The normalized spacial score (nSPS) is 22.5. The van der Waals surface area contributed by atoms with Crippen molar-refractivity contribution >= 4 is 5.78 Å². The Kier molecular flexibility index (Phi) is 3.05. The van der Waals surface area contributed by atoms with Crippen molar-refractivity contribution < 1.29 is 4.79 Å². The highest BCUT2D eigenvalue weighted by Crippen LogP contribution is 2.41. The summed E-state index contributed by atoms with van der Waals surface area (Å²) in [6, 6.07) is 9.02. The fourth-order valence-corrected chi connectivity index (χ4v) is 2.02. The van der Waals surface area contributed by atoms with Crippen LogP contribution in [0.25, 0.3) is 0 Å². The lowest BCUT2D eigenvalue weighted by Gasteiger charge is -2.00. The maximum absolute atomic E-state index is 11.8. The van der Waals surface area contributed by atoms with Crippen molar-refractivity contribution in [2.24, 2.45) is 11.8 Å². The standard InChI is InChI=1S/C14H15NO/c1-10-7-12(10)5-6-14(16)13-4-2-3-11(8-13)9-15/h2-4,8,10,12H,5-7H2,1H3/t10-,12?/m0/s1. The Morgan fingerprint density at radius 3 is 2.94 bits per heavy atom. The lowest BCUT2D eigenvalue weighted by atomic mass is 10.0. The Balaban J connectivity index is 1.95. The van der Waals surface area contributed by atoms with Crippen molar-refractivity contribution in [1.29, 1.82) is 5.26 Å². The predicted octanol–water partition coefficient (Wildman–Crippen LogP) is 3.18. The quantitative estimate of drug-likeness (QED) is 0.721. The van der Waals surface area contributed by atoms with E-state index in [9.17, 15) is 4.79 Å². The fraction of sp³-hybridized carbons (Fsp3) is 0.429. The van der Waals surface area contributed by atoms with Gasteiger partial charge in [0.1, 0.15) is 0 Å². The number of nitriles is 1. The minimum absolute atomic E-state index is 0.163. The van der Waals surface area contributed by atoms with Crippen LogP contribution < -0.4 is 0 Å². The molecular formula is C14H15NO. The van der Waals surface area contributed by atoms with Crippen LogP contribution in [0.5, 0.6) is 0 Å². The molecule has 1 aliphatic rings. The van der Waals surface area contributed by atoms with Crippen LogP contribution in [0.4, 0.5) is 0 Å². The molecule has 1 aromatic carbocycles. The van der Waals surface area contributed by atoms with Gasteiger partial charge in [-0.25, -0.2) is 0 Å². The SMILES string of the molecule is C[C@H]1CC1CCC(=O)c1cccc(C#N)c1. The summed E-state index contributed by atoms with van der Waals surface area (Å²) >= 11 is 0. The highest BCUT2D eigenvalue weighted by molar-refractivity contribution is 5.96. The van der Waals surface area contributed by atoms with Crippen molar-refractivity contribution in [2.75, 3.05) is 0 Å². The predicted molar refractivity (Wildman–Crippen MR) is 62.0 cm³/mol. The second-order valence-electron chi connectivity index (χ2n) is 4.63. The van der Waals surface area contributed by atoms with Crippen LogP contribution in [0.3, 0.4) is 0 Å². The summed E-state index contributed by atoms with van der Waals surface area (Å²) < 4.78 is 0. The molecule has 1 aliphatic carbocycles. The number of ketones is 1. The molecule has 82 valence electrons. The third kappa shape index (κ3) is 2.49. The largest absolute Gasteiger partial charge is 0.294 e. The molecule has 0 N–H and O–H groups in total. The first-order valence-corrected chi connectivity index (χ1v) is 5.74. The Bertz CT molecular complexity index is 444. The van der Waals surface area contributed by atoms with Gasteiger partial charge in [0.05, 0.1) is 11.6 Å². The van der Waals surface area contributed by atoms with Crippen molar-refractivity contribution in [1.82, 2.24) is 0 Å². The van der Waals surface area contributed by atoms with Gasteiger partial charge < -0.3 is 0 Å². The van der Waals surface area contributed by atoms with Gasteiger partial charge in [-0.3, -0.25) is 4.79 Å². The van der Waals surface area contributed by atoms with E-state index >= 15 is 0 Å². The Hall–Kier alpha value is -1.62. The molecule has 0 aliphatic heterocycles. The van der Waals surface area contributed by atoms with Crippen molar-refractivity contribution in [2.45, 2.75) is 26.2 Å². The Morgan fingerprint density at radius 2 is 2.31 bits per heavy atom. The molecule has 1 aromatic rings. The van der Waals surface area contributed by atoms with E-state index in [2.05, 4.69) is 13.0 Å². The van der Waals surface area contributed by atoms with E-state index in [-0.39, 0.29) is 5.78 Å². The monoisotopic (exact) mass is 213 g/mol. The second-order valence-corrected chi connectivity index (χ2v) is 4.63. The first kappa shape index (κ1) is 10.9. The number of hydrogen-bond donors (Lipinski definition) is 0. The Labute approximate surface area is 95.9 Å². The number of rotatable bonds is 4. The molecule has 1 fully saturated rings. The van der Waals surface area contributed by atoms with Gasteiger partial charge in [-0.15, -0.1) is 0 Å². The molecule has 2 atom stereocenters. The first-order chi connectivity index (χ1) is 7.70. The van der Waals surface area contributed by atoms with Crippen LogP contribution in [0.1, 0.15) is 42.1 Å². The number of hydrogen-bond acceptors (Lipinski definition) is 2. The lowest BCUT2D eigenvalue weighted by Crippen LogP contribution is -2.00. The van der Waals surface area contributed by atoms with Gasteiger partial charge in [0.15, 0.2) is 5.78 Å². The molecule has 0 amide bonds. The second kappa shape index (κ2) is 4.49. The molecular weight excluding hydrogens is 198 g/mol. The third-order valence-electron chi connectivity index (χ3n) is 3.33. The van der Waals surface area contributed by atoms with E-state index in [1.807, 2.05) is 0 Å². The summed E-state index contributed by atoms with van der Waals surface area (Å²) in [6.07, 6.45) is 2.88. The molecule has 2 rings (SSSR count). The van der Waals surface area contributed by atoms with Crippen LogP contribution in [0.15, 0.2) is 24.3 Å². The van der Waals surface area contributed by atoms with Gasteiger partial charge in [0, 0.05) is 12.0 Å². The smallest absolute Gasteiger partial charge is 0.162 e. The molecule has 2 nitrogen and oxygen atoms in total. The molecule has 0 aromatic heterocycles. The van der Waals surface area contributed by atoms with E-state index in [0.717, 1.165) is 18.3 Å². The maximum Gasteiger partial charge on any atom is 0.162 e. The van der Waals surface area contributed by atoms with Crippen LogP contribution in [0, 0.1) is 23.2 Å². The summed E-state index contributed by atoms with van der Waals surface area (Å²) in [5.41, 5.74) is 1.23. The summed E-state index contributed by atoms with van der Waals surface area (Å²) in [5, 5.41) is 8.75. The number of carbonyl (C=O) groups excluding carboxylic acids is 1. The zero-order chi connectivity index (χ0) is 11.5. The molecule has 1 unspecified atom stereocenters. The highest BCUT2D eigenvalue weighted by atomic mass is 16.1. The zero-order valence-electron chi connectivity index (χ0n) is 9.44. The van der Waals surface area contributed by atoms with E-state index in [1.54, 1.807) is 24.3 Å². The van der Waals surface area contributed by atoms with Gasteiger partial charge in [0.25, 0.3) is 0 Å². The molecule has 0 radical (unpaired) electrons. The molecule has 16 heavy (non-hydrogen) atoms. The lowest BCUT2D eigenvalue weighted by molar-refractivity contribution is 0.0977. The van der Waals surface area contributed by atoms with Crippen LogP contribution in [-0.4, -0.2) is 5.78 Å². The van der Waals surface area contributed by atoms with Gasteiger partial charge in [-0.05, 0) is 36.8 Å². The van der Waals surface area contributed by atoms with Crippen molar-refractivity contribution in [3.8, 4) is 6.07 Å². The molecule has 0 bridgehead atoms. The third-order valence-corrected chi connectivity index (χ3v) is 3.33. The molecule has 0 spiro atoms. The van der Waals surface area contributed by atoms with Gasteiger partial charge in [-0.1, -0.05) is 19.1 Å². The first-order valence-electron chi connectivity index (χ1n) is 5.74. The van der Waals surface area contributed by atoms with Gasteiger partial charge in [-0.2, -0.15) is 5.26 Å². The number of nitrogens with zero attached hydrogens (tertiary/aromatic N) is 1. The van der Waals surface area contributed by atoms with Crippen LogP contribution in [-0.2, 0) is 0 Å². The summed E-state index contributed by atoms with van der Waals surface area (Å²) in [7, 11) is 0.